The molecular weight excluding hydrogens is 404 g/mol. The van der Waals surface area contributed by atoms with E-state index in [0.29, 0.717) is 5.56 Å². The lowest BCUT2D eigenvalue weighted by atomic mass is 9.89. The summed E-state index contributed by atoms with van der Waals surface area (Å²) in [7, 11) is 0. The number of benzene rings is 5. The third kappa shape index (κ3) is 3.39. The monoisotopic (exact) mass is 426 g/mol. The standard InChI is InChI=1S/C30H22N2O/c33-20-21-14-16-25(17-15-21)32-29(19-28(31-32)22-8-2-1-3-9-22)30-26-12-6-4-10-23(26)18-24-11-5-7-13-27(24)30/h1-18,20,29H,19H2/t29-/m0/s1. The van der Waals surface area contributed by atoms with Crippen LogP contribution in [0.1, 0.15) is 33.9 Å². The number of carbonyl (C=O) groups is 1. The molecular formula is C30H22N2O. The molecule has 0 radical (unpaired) electrons. The molecule has 3 heteroatoms. The molecule has 0 N–H and O–H groups in total. The van der Waals surface area contributed by atoms with Gasteiger partial charge in [0.15, 0.2) is 0 Å². The van der Waals surface area contributed by atoms with Crippen LogP contribution in [0.4, 0.5) is 5.69 Å². The van der Waals surface area contributed by atoms with Crippen LogP contribution in [0.3, 0.4) is 0 Å². The number of nitrogens with zero attached hydrogens (tertiary/aromatic N) is 2. The average Bonchev–Trinajstić information content (AvgIpc) is 3.33. The Kier molecular flexibility index (Phi) is 4.73. The van der Waals surface area contributed by atoms with Crippen molar-refractivity contribution in [1.82, 2.24) is 0 Å². The number of hydrazone groups is 1. The third-order valence-electron chi connectivity index (χ3n) is 6.46. The van der Waals surface area contributed by atoms with Gasteiger partial charge in [-0.15, -0.1) is 0 Å². The highest BCUT2D eigenvalue weighted by Gasteiger charge is 2.32. The summed E-state index contributed by atoms with van der Waals surface area (Å²) in [6, 6.07) is 37.6. The quantitative estimate of drug-likeness (QED) is 0.226. The van der Waals surface area contributed by atoms with Crippen molar-refractivity contribution in [3.63, 3.8) is 0 Å². The van der Waals surface area contributed by atoms with Crippen LogP contribution in [0.25, 0.3) is 21.5 Å². The van der Waals surface area contributed by atoms with Gasteiger partial charge >= 0.3 is 0 Å². The number of hydrogen-bond donors (Lipinski definition) is 0. The van der Waals surface area contributed by atoms with Crippen LogP contribution < -0.4 is 5.01 Å². The molecule has 3 nitrogen and oxygen atoms in total. The molecule has 1 aliphatic rings. The van der Waals surface area contributed by atoms with Gasteiger partial charge in [-0.1, -0.05) is 78.9 Å². The molecule has 0 amide bonds. The van der Waals surface area contributed by atoms with Crippen molar-refractivity contribution in [1.29, 1.82) is 0 Å². The van der Waals surface area contributed by atoms with Gasteiger partial charge in [-0.2, -0.15) is 5.10 Å². The van der Waals surface area contributed by atoms with E-state index in [1.165, 1.54) is 27.1 Å². The predicted molar refractivity (Wildman–Crippen MR) is 136 cm³/mol. The second-order valence-corrected chi connectivity index (χ2v) is 8.42. The Balaban J connectivity index is 1.58. The van der Waals surface area contributed by atoms with Crippen molar-refractivity contribution in [2.24, 2.45) is 5.10 Å². The zero-order chi connectivity index (χ0) is 22.2. The smallest absolute Gasteiger partial charge is 0.150 e. The van der Waals surface area contributed by atoms with Crippen LogP contribution in [0.2, 0.25) is 0 Å². The van der Waals surface area contributed by atoms with Gasteiger partial charge in [-0.3, -0.25) is 9.80 Å². The van der Waals surface area contributed by atoms with Crippen molar-refractivity contribution in [3.05, 3.63) is 126 Å². The van der Waals surface area contributed by atoms with E-state index in [1.807, 2.05) is 30.3 Å². The molecule has 0 fully saturated rings. The Morgan fingerprint density at radius 2 is 1.33 bits per heavy atom. The summed E-state index contributed by atoms with van der Waals surface area (Å²) in [5.74, 6) is 0. The summed E-state index contributed by atoms with van der Waals surface area (Å²) in [5.41, 5.74) is 5.14. The van der Waals surface area contributed by atoms with Gasteiger partial charge in [0.05, 0.1) is 17.4 Å². The number of rotatable bonds is 4. The number of hydrogen-bond acceptors (Lipinski definition) is 3. The first-order valence-corrected chi connectivity index (χ1v) is 11.2. The lowest BCUT2D eigenvalue weighted by Crippen LogP contribution is -2.19. The molecule has 0 spiro atoms. The predicted octanol–water partition coefficient (Wildman–Crippen LogP) is 7.16. The van der Waals surface area contributed by atoms with Crippen LogP contribution in [-0.4, -0.2) is 12.0 Å². The van der Waals surface area contributed by atoms with E-state index in [9.17, 15) is 4.79 Å². The van der Waals surface area contributed by atoms with Gasteiger partial charge in [0.25, 0.3) is 0 Å². The highest BCUT2D eigenvalue weighted by molar-refractivity contribution is 6.07. The number of fused-ring (bicyclic) bond motifs is 2. The maximum Gasteiger partial charge on any atom is 0.150 e. The first-order valence-electron chi connectivity index (χ1n) is 11.2. The summed E-state index contributed by atoms with van der Waals surface area (Å²) in [5, 5.41) is 12.2. The fourth-order valence-electron chi connectivity index (χ4n) is 4.89. The Morgan fingerprint density at radius 1 is 0.727 bits per heavy atom. The van der Waals surface area contributed by atoms with Gasteiger partial charge in [0, 0.05) is 12.0 Å². The molecule has 1 atom stereocenters. The van der Waals surface area contributed by atoms with Crippen molar-refractivity contribution in [2.75, 3.05) is 5.01 Å². The van der Waals surface area contributed by atoms with Gasteiger partial charge in [-0.25, -0.2) is 0 Å². The number of carbonyl (C=O) groups excluding carboxylic acids is 1. The Bertz CT molecular complexity index is 1450. The van der Waals surface area contributed by atoms with Crippen LogP contribution in [0, 0.1) is 0 Å². The van der Waals surface area contributed by atoms with Crippen molar-refractivity contribution in [2.45, 2.75) is 12.5 Å². The van der Waals surface area contributed by atoms with Crippen molar-refractivity contribution < 1.29 is 4.79 Å². The van der Waals surface area contributed by atoms with Gasteiger partial charge < -0.3 is 0 Å². The summed E-state index contributed by atoms with van der Waals surface area (Å²) < 4.78 is 0. The maximum atomic E-state index is 11.2. The maximum absolute atomic E-state index is 11.2. The largest absolute Gasteiger partial charge is 0.298 e. The summed E-state index contributed by atoms with van der Waals surface area (Å²) in [6.45, 7) is 0. The molecule has 0 aliphatic carbocycles. The lowest BCUT2D eigenvalue weighted by molar-refractivity contribution is 0.112. The fourth-order valence-corrected chi connectivity index (χ4v) is 4.89. The highest BCUT2D eigenvalue weighted by atomic mass is 16.1. The average molecular weight is 427 g/mol. The van der Waals surface area contributed by atoms with Gasteiger partial charge in [-0.05, 0) is 63.0 Å². The summed E-state index contributed by atoms with van der Waals surface area (Å²) >= 11 is 0. The summed E-state index contributed by atoms with van der Waals surface area (Å²) in [4.78, 5) is 11.2. The molecule has 5 aromatic carbocycles. The first kappa shape index (κ1) is 19.4. The minimum absolute atomic E-state index is 0.0401. The van der Waals surface area contributed by atoms with E-state index >= 15 is 0 Å². The van der Waals surface area contributed by atoms with E-state index in [1.54, 1.807) is 0 Å². The van der Waals surface area contributed by atoms with Crippen LogP contribution in [0.5, 0.6) is 0 Å². The van der Waals surface area contributed by atoms with E-state index in [0.717, 1.165) is 29.7 Å². The molecule has 33 heavy (non-hydrogen) atoms. The molecule has 1 heterocycles. The van der Waals surface area contributed by atoms with E-state index in [4.69, 9.17) is 5.10 Å². The number of aldehydes is 1. The minimum atomic E-state index is 0.0401. The molecule has 0 saturated carbocycles. The Labute approximate surface area is 192 Å². The Morgan fingerprint density at radius 3 is 1.97 bits per heavy atom. The van der Waals surface area contributed by atoms with Crippen LogP contribution >= 0.6 is 0 Å². The lowest BCUT2D eigenvalue weighted by Gasteiger charge is -2.26. The molecule has 6 rings (SSSR count). The van der Waals surface area contributed by atoms with Crippen LogP contribution in [0.15, 0.2) is 114 Å². The zero-order valence-corrected chi connectivity index (χ0v) is 18.1. The SMILES string of the molecule is O=Cc1ccc(N2N=C(c3ccccc3)C[C@H]2c2c3ccccc3cc3ccccc23)cc1. The van der Waals surface area contributed by atoms with E-state index in [-0.39, 0.29) is 6.04 Å². The normalized spacial score (nSPS) is 15.7. The molecule has 0 bridgehead atoms. The Hall–Kier alpha value is -4.24. The second kappa shape index (κ2) is 8.03. The molecule has 1 aliphatic heterocycles. The fraction of sp³-hybridized carbons (Fsp3) is 0.0667. The second-order valence-electron chi connectivity index (χ2n) is 8.42. The van der Waals surface area contributed by atoms with Crippen LogP contribution in [-0.2, 0) is 0 Å². The molecule has 158 valence electrons. The molecule has 5 aromatic rings. The highest BCUT2D eigenvalue weighted by Crippen LogP contribution is 2.42. The van der Waals surface area contributed by atoms with Crippen molar-refractivity contribution >= 4 is 39.2 Å². The van der Waals surface area contributed by atoms with E-state index < -0.39 is 0 Å². The van der Waals surface area contributed by atoms with E-state index in [2.05, 4.69) is 83.9 Å². The molecule has 0 saturated heterocycles. The third-order valence-corrected chi connectivity index (χ3v) is 6.46. The zero-order valence-electron chi connectivity index (χ0n) is 18.1. The molecule has 0 aromatic heterocycles. The van der Waals surface area contributed by atoms with Gasteiger partial charge in [0.2, 0.25) is 0 Å². The van der Waals surface area contributed by atoms with Gasteiger partial charge in [0.1, 0.15) is 6.29 Å². The molecule has 0 unspecified atom stereocenters. The summed E-state index contributed by atoms with van der Waals surface area (Å²) in [6.07, 6.45) is 1.68. The first-order chi connectivity index (χ1) is 16.3. The topological polar surface area (TPSA) is 32.7 Å². The number of anilines is 1. The van der Waals surface area contributed by atoms with Crippen molar-refractivity contribution in [3.8, 4) is 0 Å². The minimum Gasteiger partial charge on any atom is -0.298 e.